The highest BCUT2D eigenvalue weighted by Gasteiger charge is 2.33. The van der Waals surface area contributed by atoms with E-state index in [1.54, 1.807) is 0 Å². The Hall–Kier alpha value is -1.53. The number of rotatable bonds is 4. The van der Waals surface area contributed by atoms with Crippen LogP contribution in [-0.2, 0) is 6.18 Å². The van der Waals surface area contributed by atoms with E-state index < -0.39 is 17.8 Å². The van der Waals surface area contributed by atoms with Crippen molar-refractivity contribution in [2.45, 2.75) is 26.4 Å². The number of ether oxygens (including phenoxy) is 1. The average Bonchev–Trinajstić information content (AvgIpc) is 2.14. The van der Waals surface area contributed by atoms with Crippen LogP contribution >= 0.6 is 0 Å². The molecule has 1 aromatic heterocycles. The maximum absolute atomic E-state index is 12.4. The summed E-state index contributed by atoms with van der Waals surface area (Å²) >= 11 is 0. The van der Waals surface area contributed by atoms with E-state index in [1.807, 2.05) is 13.8 Å². The van der Waals surface area contributed by atoms with E-state index in [2.05, 4.69) is 9.97 Å². The first-order valence-electron chi connectivity index (χ1n) is 5.13. The SMILES string of the molecule is CC(C)CCOc1cc(C(F)(F)F)nc(N)n1. The molecule has 0 aliphatic rings. The van der Waals surface area contributed by atoms with Crippen molar-refractivity contribution >= 4 is 5.95 Å². The lowest BCUT2D eigenvalue weighted by atomic mass is 10.1. The molecular formula is C10H14F3N3O. The van der Waals surface area contributed by atoms with Gasteiger partial charge in [-0.1, -0.05) is 13.8 Å². The molecule has 1 heterocycles. The number of nitrogens with zero attached hydrogens (tertiary/aromatic N) is 2. The van der Waals surface area contributed by atoms with Crippen LogP contribution in [0.3, 0.4) is 0 Å². The lowest BCUT2D eigenvalue weighted by Crippen LogP contribution is -2.12. The summed E-state index contributed by atoms with van der Waals surface area (Å²) in [7, 11) is 0. The van der Waals surface area contributed by atoms with Crippen molar-refractivity contribution in [2.24, 2.45) is 5.92 Å². The molecule has 96 valence electrons. The standard InChI is InChI=1S/C10H14F3N3O/c1-6(2)3-4-17-8-5-7(10(11,12)13)15-9(14)16-8/h5-6H,3-4H2,1-2H3,(H2,14,15,16). The number of aromatic nitrogens is 2. The Morgan fingerprint density at radius 3 is 2.53 bits per heavy atom. The van der Waals surface area contributed by atoms with Gasteiger partial charge in [0.25, 0.3) is 0 Å². The van der Waals surface area contributed by atoms with Gasteiger partial charge < -0.3 is 10.5 Å². The maximum atomic E-state index is 12.4. The van der Waals surface area contributed by atoms with Gasteiger partial charge in [0, 0.05) is 6.07 Å². The summed E-state index contributed by atoms with van der Waals surface area (Å²) in [4.78, 5) is 6.70. The molecule has 0 bridgehead atoms. The van der Waals surface area contributed by atoms with Crippen molar-refractivity contribution in [1.29, 1.82) is 0 Å². The maximum Gasteiger partial charge on any atom is 0.433 e. The van der Waals surface area contributed by atoms with E-state index in [4.69, 9.17) is 10.5 Å². The smallest absolute Gasteiger partial charge is 0.433 e. The lowest BCUT2D eigenvalue weighted by Gasteiger charge is -2.10. The van der Waals surface area contributed by atoms with Crippen molar-refractivity contribution in [3.05, 3.63) is 11.8 Å². The molecule has 0 aliphatic heterocycles. The van der Waals surface area contributed by atoms with Crippen LogP contribution in [0.15, 0.2) is 6.07 Å². The van der Waals surface area contributed by atoms with E-state index in [9.17, 15) is 13.2 Å². The highest BCUT2D eigenvalue weighted by atomic mass is 19.4. The molecular weight excluding hydrogens is 235 g/mol. The van der Waals surface area contributed by atoms with Gasteiger partial charge in [0.05, 0.1) is 6.61 Å². The quantitative estimate of drug-likeness (QED) is 0.890. The zero-order valence-electron chi connectivity index (χ0n) is 9.58. The third kappa shape index (κ3) is 4.46. The molecule has 0 spiro atoms. The number of halogens is 3. The predicted molar refractivity (Wildman–Crippen MR) is 56.4 cm³/mol. The molecule has 4 nitrogen and oxygen atoms in total. The molecule has 2 N–H and O–H groups in total. The Kier molecular flexibility index (Phi) is 4.14. The summed E-state index contributed by atoms with van der Waals surface area (Å²) in [6.45, 7) is 4.27. The topological polar surface area (TPSA) is 61.0 Å². The molecule has 0 aromatic carbocycles. The van der Waals surface area contributed by atoms with E-state index in [1.165, 1.54) is 0 Å². The van der Waals surface area contributed by atoms with E-state index in [0.717, 1.165) is 12.5 Å². The number of hydrogen-bond donors (Lipinski definition) is 1. The molecule has 0 fully saturated rings. The van der Waals surface area contributed by atoms with Crippen LogP contribution in [0, 0.1) is 5.92 Å². The normalized spacial score (nSPS) is 11.9. The Morgan fingerprint density at radius 2 is 2.00 bits per heavy atom. The second-order valence-electron chi connectivity index (χ2n) is 3.98. The summed E-state index contributed by atoms with van der Waals surface area (Å²) in [5.74, 6) is -0.193. The van der Waals surface area contributed by atoms with Crippen LogP contribution in [0.25, 0.3) is 0 Å². The van der Waals surface area contributed by atoms with Gasteiger partial charge in [0.15, 0.2) is 5.69 Å². The predicted octanol–water partition coefficient (Wildman–Crippen LogP) is 2.50. The van der Waals surface area contributed by atoms with Gasteiger partial charge in [-0.15, -0.1) is 0 Å². The Morgan fingerprint density at radius 1 is 1.35 bits per heavy atom. The molecule has 1 rings (SSSR count). The van der Waals surface area contributed by atoms with Crippen LogP contribution in [0.1, 0.15) is 26.0 Å². The lowest BCUT2D eigenvalue weighted by molar-refractivity contribution is -0.141. The van der Waals surface area contributed by atoms with Crippen molar-refractivity contribution in [3.8, 4) is 5.88 Å². The summed E-state index contributed by atoms with van der Waals surface area (Å²) < 4.78 is 42.3. The Bertz CT molecular complexity index is 380. The first-order valence-corrected chi connectivity index (χ1v) is 5.13. The largest absolute Gasteiger partial charge is 0.478 e. The minimum Gasteiger partial charge on any atom is -0.478 e. The van der Waals surface area contributed by atoms with Gasteiger partial charge in [-0.05, 0) is 12.3 Å². The third-order valence-corrected chi connectivity index (χ3v) is 1.96. The van der Waals surface area contributed by atoms with E-state index >= 15 is 0 Å². The Balaban J connectivity index is 2.76. The minimum atomic E-state index is -4.55. The fourth-order valence-corrected chi connectivity index (χ4v) is 1.06. The highest BCUT2D eigenvalue weighted by Crippen LogP contribution is 2.29. The average molecular weight is 249 g/mol. The molecule has 0 aliphatic carbocycles. The van der Waals surface area contributed by atoms with Crippen LogP contribution in [-0.4, -0.2) is 16.6 Å². The summed E-state index contributed by atoms with van der Waals surface area (Å²) in [6.07, 6.45) is -3.82. The molecule has 0 unspecified atom stereocenters. The van der Waals surface area contributed by atoms with Gasteiger partial charge in [-0.25, -0.2) is 4.98 Å². The van der Waals surface area contributed by atoms with Gasteiger partial charge in [0.1, 0.15) is 0 Å². The summed E-state index contributed by atoms with van der Waals surface area (Å²) in [6, 6.07) is 0.747. The fraction of sp³-hybridized carbons (Fsp3) is 0.600. The first-order chi connectivity index (χ1) is 7.79. The zero-order chi connectivity index (χ0) is 13.1. The number of hydrogen-bond acceptors (Lipinski definition) is 4. The van der Waals surface area contributed by atoms with Gasteiger partial charge in [-0.3, -0.25) is 0 Å². The molecule has 17 heavy (non-hydrogen) atoms. The molecule has 1 aromatic rings. The summed E-state index contributed by atoms with van der Waals surface area (Å²) in [5.41, 5.74) is 4.09. The monoisotopic (exact) mass is 249 g/mol. The summed E-state index contributed by atoms with van der Waals surface area (Å²) in [5, 5.41) is 0. The fourth-order valence-electron chi connectivity index (χ4n) is 1.06. The van der Waals surface area contributed by atoms with Crippen molar-refractivity contribution in [3.63, 3.8) is 0 Å². The van der Waals surface area contributed by atoms with Gasteiger partial charge in [-0.2, -0.15) is 18.2 Å². The van der Waals surface area contributed by atoms with Crippen LogP contribution in [0.4, 0.5) is 19.1 Å². The molecule has 7 heteroatoms. The van der Waals surface area contributed by atoms with Crippen molar-refractivity contribution in [1.82, 2.24) is 9.97 Å². The zero-order valence-corrected chi connectivity index (χ0v) is 9.58. The number of nitrogens with two attached hydrogens (primary N) is 1. The van der Waals surface area contributed by atoms with Gasteiger partial charge in [0.2, 0.25) is 11.8 Å². The Labute approximate surface area is 97.0 Å². The second kappa shape index (κ2) is 5.20. The second-order valence-corrected chi connectivity index (χ2v) is 3.98. The van der Waals surface area contributed by atoms with Crippen molar-refractivity contribution < 1.29 is 17.9 Å². The molecule has 0 saturated carbocycles. The molecule has 0 saturated heterocycles. The van der Waals surface area contributed by atoms with E-state index in [-0.39, 0.29) is 5.88 Å². The highest BCUT2D eigenvalue weighted by molar-refractivity contribution is 5.27. The number of nitrogen functional groups attached to an aromatic ring is 1. The number of anilines is 1. The first kappa shape index (κ1) is 13.5. The molecule has 0 atom stereocenters. The number of alkyl halides is 3. The van der Waals surface area contributed by atoms with Crippen LogP contribution < -0.4 is 10.5 Å². The third-order valence-electron chi connectivity index (χ3n) is 1.96. The van der Waals surface area contributed by atoms with Gasteiger partial charge >= 0.3 is 6.18 Å². The minimum absolute atomic E-state index is 0.148. The van der Waals surface area contributed by atoms with Crippen LogP contribution in [0.5, 0.6) is 5.88 Å². The van der Waals surface area contributed by atoms with Crippen molar-refractivity contribution in [2.75, 3.05) is 12.3 Å². The molecule has 0 amide bonds. The van der Waals surface area contributed by atoms with Crippen LogP contribution in [0.2, 0.25) is 0 Å². The molecule has 0 radical (unpaired) electrons. The van der Waals surface area contributed by atoms with E-state index in [0.29, 0.717) is 12.5 Å².